The minimum atomic E-state index is -0.533. The molecule has 6 nitrogen and oxygen atoms in total. The van der Waals surface area contributed by atoms with E-state index in [4.69, 9.17) is 9.47 Å². The number of urea groups is 1. The third-order valence-corrected chi connectivity index (χ3v) is 4.47. The summed E-state index contributed by atoms with van der Waals surface area (Å²) in [6, 6.07) is 24.5. The van der Waals surface area contributed by atoms with Gasteiger partial charge in [-0.05, 0) is 34.9 Å². The van der Waals surface area contributed by atoms with Crippen molar-refractivity contribution in [1.29, 1.82) is 0 Å². The van der Waals surface area contributed by atoms with Gasteiger partial charge in [0.05, 0.1) is 0 Å². The summed E-state index contributed by atoms with van der Waals surface area (Å²) in [6.07, 6.45) is 1.59. The number of hydrogen-bond donors (Lipinski definition) is 2. The van der Waals surface area contributed by atoms with Crippen LogP contribution in [-0.4, -0.2) is 11.9 Å². The number of ether oxygens (including phenoxy) is 2. The minimum Gasteiger partial charge on any atom is -0.485 e. The molecule has 1 aliphatic rings. The maximum Gasteiger partial charge on any atom is 0.326 e. The van der Waals surface area contributed by atoms with Crippen molar-refractivity contribution in [3.05, 3.63) is 101 Å². The van der Waals surface area contributed by atoms with Crippen LogP contribution in [0.3, 0.4) is 0 Å². The van der Waals surface area contributed by atoms with Crippen LogP contribution in [0, 0.1) is 0 Å². The van der Waals surface area contributed by atoms with E-state index >= 15 is 0 Å². The Balaban J connectivity index is 1.57. The van der Waals surface area contributed by atoms with Crippen LogP contribution in [0.1, 0.15) is 16.7 Å². The molecule has 0 bridgehead atoms. The smallest absolute Gasteiger partial charge is 0.326 e. The largest absolute Gasteiger partial charge is 0.485 e. The van der Waals surface area contributed by atoms with E-state index in [9.17, 15) is 9.59 Å². The zero-order valence-electron chi connectivity index (χ0n) is 16.1. The predicted molar refractivity (Wildman–Crippen MR) is 113 cm³/mol. The van der Waals surface area contributed by atoms with Gasteiger partial charge in [0.15, 0.2) is 11.5 Å². The van der Waals surface area contributed by atoms with Crippen molar-refractivity contribution in [3.63, 3.8) is 0 Å². The van der Waals surface area contributed by atoms with Crippen LogP contribution >= 0.6 is 0 Å². The summed E-state index contributed by atoms with van der Waals surface area (Å²) in [5.41, 5.74) is 2.96. The van der Waals surface area contributed by atoms with Gasteiger partial charge in [-0.3, -0.25) is 10.1 Å². The Labute approximate surface area is 174 Å². The molecule has 4 rings (SSSR count). The van der Waals surface area contributed by atoms with E-state index in [0.29, 0.717) is 30.3 Å². The van der Waals surface area contributed by atoms with Gasteiger partial charge >= 0.3 is 6.03 Å². The molecule has 150 valence electrons. The van der Waals surface area contributed by atoms with Crippen molar-refractivity contribution in [2.24, 2.45) is 0 Å². The van der Waals surface area contributed by atoms with Crippen molar-refractivity contribution >= 4 is 18.0 Å². The molecular weight excluding hydrogens is 380 g/mol. The second-order valence-electron chi connectivity index (χ2n) is 6.72. The molecule has 30 heavy (non-hydrogen) atoms. The molecule has 0 aliphatic carbocycles. The Hall–Kier alpha value is -4.06. The first kappa shape index (κ1) is 19.3. The lowest BCUT2D eigenvalue weighted by molar-refractivity contribution is -0.115. The summed E-state index contributed by atoms with van der Waals surface area (Å²) in [5.74, 6) is 0.682. The van der Waals surface area contributed by atoms with Crippen LogP contribution < -0.4 is 20.1 Å². The van der Waals surface area contributed by atoms with Crippen molar-refractivity contribution < 1.29 is 19.1 Å². The SMILES string of the molecule is O=C1NC(=O)/C(=C\c2ccc(OCc3ccccc3)c(OCc3ccccc3)c2)N1. The molecule has 0 saturated carbocycles. The second-order valence-corrected chi connectivity index (χ2v) is 6.72. The summed E-state index contributed by atoms with van der Waals surface area (Å²) in [4.78, 5) is 23.1. The zero-order chi connectivity index (χ0) is 20.8. The standard InChI is InChI=1S/C24H20N2O4/c27-23-20(25-24(28)26-23)13-19-11-12-21(29-15-17-7-3-1-4-8-17)22(14-19)30-16-18-9-5-2-6-10-18/h1-14H,15-16H2,(H2,25,26,27,28)/b20-13+. The van der Waals surface area contributed by atoms with Crippen LogP contribution in [-0.2, 0) is 18.0 Å². The fraction of sp³-hybridized carbons (Fsp3) is 0.0833. The van der Waals surface area contributed by atoms with Gasteiger partial charge in [-0.1, -0.05) is 66.7 Å². The van der Waals surface area contributed by atoms with E-state index in [-0.39, 0.29) is 5.70 Å². The van der Waals surface area contributed by atoms with E-state index < -0.39 is 11.9 Å². The first-order valence-corrected chi connectivity index (χ1v) is 9.49. The van der Waals surface area contributed by atoms with Crippen LogP contribution in [0.25, 0.3) is 6.08 Å². The summed E-state index contributed by atoms with van der Waals surface area (Å²) in [7, 11) is 0. The van der Waals surface area contributed by atoms with Gasteiger partial charge < -0.3 is 14.8 Å². The molecule has 0 unspecified atom stereocenters. The molecule has 3 aromatic rings. The highest BCUT2D eigenvalue weighted by molar-refractivity contribution is 6.14. The zero-order valence-corrected chi connectivity index (χ0v) is 16.1. The first-order chi connectivity index (χ1) is 14.7. The van der Waals surface area contributed by atoms with Gasteiger partial charge in [0.25, 0.3) is 5.91 Å². The van der Waals surface area contributed by atoms with Gasteiger partial charge in [0.1, 0.15) is 18.9 Å². The second kappa shape index (κ2) is 8.96. The molecule has 0 spiro atoms. The van der Waals surface area contributed by atoms with Gasteiger partial charge in [-0.25, -0.2) is 4.79 Å². The number of benzene rings is 3. The Morgan fingerprint density at radius 1 is 0.700 bits per heavy atom. The number of imide groups is 1. The Kier molecular flexibility index (Phi) is 5.75. The van der Waals surface area contributed by atoms with Crippen molar-refractivity contribution in [1.82, 2.24) is 10.6 Å². The number of carbonyl (C=O) groups is 2. The molecule has 6 heteroatoms. The number of carbonyl (C=O) groups excluding carboxylic acids is 2. The molecule has 1 fully saturated rings. The topological polar surface area (TPSA) is 76.7 Å². The average molecular weight is 400 g/mol. The third-order valence-electron chi connectivity index (χ3n) is 4.47. The van der Waals surface area contributed by atoms with E-state index in [2.05, 4.69) is 10.6 Å². The highest BCUT2D eigenvalue weighted by Crippen LogP contribution is 2.31. The number of nitrogens with one attached hydrogen (secondary N) is 2. The number of amides is 3. The van der Waals surface area contributed by atoms with Crippen molar-refractivity contribution in [3.8, 4) is 11.5 Å². The predicted octanol–water partition coefficient (Wildman–Crippen LogP) is 4.02. The minimum absolute atomic E-state index is 0.187. The third kappa shape index (κ3) is 4.86. The monoisotopic (exact) mass is 400 g/mol. The normalized spacial score (nSPS) is 14.3. The van der Waals surface area contributed by atoms with Gasteiger partial charge in [-0.15, -0.1) is 0 Å². The van der Waals surface area contributed by atoms with Gasteiger partial charge in [0.2, 0.25) is 0 Å². The molecule has 0 aromatic heterocycles. The summed E-state index contributed by atoms with van der Waals surface area (Å²) < 4.78 is 12.0. The molecule has 3 aromatic carbocycles. The molecule has 1 saturated heterocycles. The van der Waals surface area contributed by atoms with E-state index in [1.807, 2.05) is 60.7 Å². The summed E-state index contributed by atoms with van der Waals surface area (Å²) in [5, 5.41) is 4.67. The van der Waals surface area contributed by atoms with Gasteiger partial charge in [-0.2, -0.15) is 0 Å². The fourth-order valence-corrected chi connectivity index (χ4v) is 2.97. The van der Waals surface area contributed by atoms with E-state index in [0.717, 1.165) is 11.1 Å². The molecule has 2 N–H and O–H groups in total. The summed E-state index contributed by atoms with van der Waals surface area (Å²) >= 11 is 0. The quantitative estimate of drug-likeness (QED) is 0.464. The first-order valence-electron chi connectivity index (χ1n) is 9.49. The Bertz CT molecular complexity index is 1080. The fourth-order valence-electron chi connectivity index (χ4n) is 2.97. The van der Waals surface area contributed by atoms with E-state index in [1.165, 1.54) is 0 Å². The lowest BCUT2D eigenvalue weighted by Gasteiger charge is -2.14. The Morgan fingerprint density at radius 3 is 1.87 bits per heavy atom. The number of rotatable bonds is 7. The summed E-state index contributed by atoms with van der Waals surface area (Å²) in [6.45, 7) is 0.779. The molecule has 3 amide bonds. The van der Waals surface area contributed by atoms with Crippen molar-refractivity contribution in [2.45, 2.75) is 13.2 Å². The molecular formula is C24H20N2O4. The maximum absolute atomic E-state index is 11.8. The lowest BCUT2D eigenvalue weighted by Crippen LogP contribution is -2.22. The van der Waals surface area contributed by atoms with E-state index in [1.54, 1.807) is 24.3 Å². The lowest BCUT2D eigenvalue weighted by atomic mass is 10.1. The molecule has 1 heterocycles. The van der Waals surface area contributed by atoms with Crippen molar-refractivity contribution in [2.75, 3.05) is 0 Å². The van der Waals surface area contributed by atoms with Crippen LogP contribution in [0.4, 0.5) is 4.79 Å². The molecule has 0 radical (unpaired) electrons. The van der Waals surface area contributed by atoms with Crippen LogP contribution in [0.15, 0.2) is 84.6 Å². The molecule has 1 aliphatic heterocycles. The number of hydrogen-bond acceptors (Lipinski definition) is 4. The Morgan fingerprint density at radius 2 is 1.30 bits per heavy atom. The highest BCUT2D eigenvalue weighted by atomic mass is 16.5. The maximum atomic E-state index is 11.8. The molecule has 0 atom stereocenters. The van der Waals surface area contributed by atoms with Crippen LogP contribution in [0.2, 0.25) is 0 Å². The van der Waals surface area contributed by atoms with Gasteiger partial charge in [0, 0.05) is 0 Å². The average Bonchev–Trinajstić information content (AvgIpc) is 3.09. The van der Waals surface area contributed by atoms with Crippen LogP contribution in [0.5, 0.6) is 11.5 Å². The highest BCUT2D eigenvalue weighted by Gasteiger charge is 2.22.